The number of nitrogens with zero attached hydrogens (tertiary/aromatic N) is 6. The van der Waals surface area contributed by atoms with E-state index in [-0.39, 0.29) is 36.0 Å². The number of halogens is 2. The van der Waals surface area contributed by atoms with Crippen LogP contribution in [0, 0.1) is 11.6 Å². The number of nitrogens with two attached hydrogens (primary N) is 1. The van der Waals surface area contributed by atoms with Gasteiger partial charge in [-0.05, 0) is 29.5 Å². The van der Waals surface area contributed by atoms with E-state index in [4.69, 9.17) is 15.6 Å². The van der Waals surface area contributed by atoms with Crippen LogP contribution in [0.5, 0.6) is 11.6 Å². The lowest BCUT2D eigenvalue weighted by Crippen LogP contribution is -2.30. The van der Waals surface area contributed by atoms with Crippen LogP contribution in [0.15, 0.2) is 42.7 Å². The molecule has 0 bridgehead atoms. The van der Waals surface area contributed by atoms with Crippen LogP contribution in [0.25, 0.3) is 22.6 Å². The molecule has 3 heterocycles. The van der Waals surface area contributed by atoms with Crippen molar-refractivity contribution < 1.29 is 23.4 Å². The molecule has 0 saturated carbocycles. The predicted molar refractivity (Wildman–Crippen MR) is 105 cm³/mol. The van der Waals surface area contributed by atoms with E-state index in [1.807, 2.05) is 0 Å². The Kier molecular flexibility index (Phi) is 5.81. The third-order valence-corrected chi connectivity index (χ3v) is 4.30. The van der Waals surface area contributed by atoms with E-state index in [2.05, 4.69) is 30.6 Å². The monoisotopic (exact) mass is 442 g/mol. The van der Waals surface area contributed by atoms with Gasteiger partial charge in [0.1, 0.15) is 11.6 Å². The Labute approximate surface area is 178 Å². The molecule has 0 radical (unpaired) electrons. The highest BCUT2D eigenvalue weighted by Crippen LogP contribution is 2.29. The Hall–Kier alpha value is -4.26. The summed E-state index contributed by atoms with van der Waals surface area (Å²) in [6.45, 7) is 0.00159. The lowest BCUT2D eigenvalue weighted by atomic mass is 10.2. The highest BCUT2D eigenvalue weighted by molar-refractivity contribution is 5.67. The number of carbonyl (C=O) groups is 1. The van der Waals surface area contributed by atoms with Gasteiger partial charge in [-0.25, -0.2) is 13.8 Å². The maximum absolute atomic E-state index is 14.6. The average molecular weight is 442 g/mol. The second kappa shape index (κ2) is 8.85. The number of H-pyrrole nitrogens is 1. The van der Waals surface area contributed by atoms with Crippen LogP contribution < -0.4 is 10.5 Å². The van der Waals surface area contributed by atoms with Gasteiger partial charge in [-0.15, -0.1) is 10.2 Å². The van der Waals surface area contributed by atoms with Crippen molar-refractivity contribution in [3.05, 3.63) is 54.4 Å². The third-order valence-electron chi connectivity index (χ3n) is 4.30. The minimum Gasteiger partial charge on any atom is -0.481 e. The first-order valence-corrected chi connectivity index (χ1v) is 9.27. The van der Waals surface area contributed by atoms with Crippen molar-refractivity contribution in [1.29, 1.82) is 0 Å². The smallest absolute Gasteiger partial charge is 0.304 e. The quantitative estimate of drug-likeness (QED) is 0.371. The van der Waals surface area contributed by atoms with E-state index < -0.39 is 23.6 Å². The van der Waals surface area contributed by atoms with E-state index in [1.165, 1.54) is 30.6 Å². The summed E-state index contributed by atoms with van der Waals surface area (Å²) in [7, 11) is 0. The van der Waals surface area contributed by atoms with Crippen LogP contribution in [-0.4, -0.2) is 52.5 Å². The minimum absolute atomic E-state index is 0.00159. The maximum atomic E-state index is 14.6. The molecule has 0 saturated heterocycles. The number of aromatic amines is 1. The highest BCUT2D eigenvalue weighted by Gasteiger charge is 2.16. The van der Waals surface area contributed by atoms with Gasteiger partial charge in [-0.3, -0.25) is 9.89 Å². The number of tetrazole rings is 1. The summed E-state index contributed by atoms with van der Waals surface area (Å²) in [6.07, 6.45) is 2.65. The lowest BCUT2D eigenvalue weighted by molar-refractivity contribution is -0.137. The number of carboxylic acid groups (broad SMARTS) is 1. The summed E-state index contributed by atoms with van der Waals surface area (Å²) >= 11 is 0. The van der Waals surface area contributed by atoms with Gasteiger partial charge in [0.05, 0.1) is 24.2 Å². The van der Waals surface area contributed by atoms with Crippen LogP contribution in [-0.2, 0) is 11.3 Å². The number of ether oxygens (including phenoxy) is 1. The molecule has 0 amide bonds. The third kappa shape index (κ3) is 4.73. The normalized spacial score (nSPS) is 12.0. The van der Waals surface area contributed by atoms with Crippen molar-refractivity contribution in [2.45, 2.75) is 19.0 Å². The van der Waals surface area contributed by atoms with Crippen molar-refractivity contribution in [1.82, 2.24) is 35.4 Å². The van der Waals surface area contributed by atoms with E-state index in [0.29, 0.717) is 11.3 Å². The Morgan fingerprint density at radius 2 is 2.09 bits per heavy atom. The topological polar surface area (TPSA) is 158 Å². The lowest BCUT2D eigenvalue weighted by Gasteiger charge is -2.08. The first kappa shape index (κ1) is 21.0. The predicted octanol–water partition coefficient (Wildman–Crippen LogP) is 2.00. The maximum Gasteiger partial charge on any atom is 0.304 e. The number of benzene rings is 1. The van der Waals surface area contributed by atoms with Crippen LogP contribution >= 0.6 is 0 Å². The first-order chi connectivity index (χ1) is 15.4. The Morgan fingerprint density at radius 1 is 1.25 bits per heavy atom. The zero-order valence-corrected chi connectivity index (χ0v) is 16.3. The Bertz CT molecular complexity index is 1250. The van der Waals surface area contributed by atoms with Crippen molar-refractivity contribution in [2.24, 2.45) is 5.73 Å². The second-order valence-electron chi connectivity index (χ2n) is 6.75. The molecule has 1 aromatic carbocycles. The number of nitrogens with one attached hydrogen (secondary N) is 1. The Morgan fingerprint density at radius 3 is 2.78 bits per heavy atom. The van der Waals surface area contributed by atoms with Gasteiger partial charge in [0.25, 0.3) is 5.88 Å². The van der Waals surface area contributed by atoms with Crippen molar-refractivity contribution >= 4 is 5.97 Å². The SMILES string of the molecule is NC(CC(=O)O)Cn1nnc(-c2ccc(Oc3ncc(-c4ccn[nH]4)cc3F)cc2F)n1. The first-order valence-electron chi connectivity index (χ1n) is 9.27. The molecule has 3 aromatic heterocycles. The summed E-state index contributed by atoms with van der Waals surface area (Å²) in [4.78, 5) is 15.7. The number of carboxylic acids is 1. The largest absolute Gasteiger partial charge is 0.481 e. The Balaban J connectivity index is 1.48. The molecule has 1 atom stereocenters. The van der Waals surface area contributed by atoms with Gasteiger partial charge in [-0.2, -0.15) is 9.90 Å². The summed E-state index contributed by atoms with van der Waals surface area (Å²) < 4.78 is 34.3. The van der Waals surface area contributed by atoms with Crippen molar-refractivity contribution in [2.75, 3.05) is 0 Å². The molecule has 32 heavy (non-hydrogen) atoms. The molecule has 1 unspecified atom stereocenters. The molecule has 4 N–H and O–H groups in total. The zero-order valence-electron chi connectivity index (χ0n) is 16.3. The highest BCUT2D eigenvalue weighted by atomic mass is 19.1. The molecule has 0 aliphatic carbocycles. The molecule has 164 valence electrons. The standard InChI is InChI=1S/C19H16F2N8O3/c20-14-7-12(32-19-15(21)5-10(8-23-19)16-3-4-24-25-16)1-2-13(14)18-26-28-29(27-18)9-11(22)6-17(30)31/h1-5,7-8,11H,6,9,22H2,(H,24,25)(H,30,31). The van der Waals surface area contributed by atoms with Crippen molar-refractivity contribution in [3.63, 3.8) is 0 Å². The van der Waals surface area contributed by atoms with E-state index in [1.54, 1.807) is 6.07 Å². The molecular weight excluding hydrogens is 426 g/mol. The van der Waals surface area contributed by atoms with Gasteiger partial charge in [0.15, 0.2) is 5.82 Å². The number of aromatic nitrogens is 7. The molecule has 11 nitrogen and oxygen atoms in total. The molecule has 0 aliphatic heterocycles. The summed E-state index contributed by atoms with van der Waals surface area (Å²) in [5, 5.41) is 26.8. The summed E-state index contributed by atoms with van der Waals surface area (Å²) in [6, 6.07) is 5.94. The molecular formula is C19H16F2N8O3. The number of aliphatic carboxylic acids is 1. The van der Waals surface area contributed by atoms with Gasteiger partial charge < -0.3 is 15.6 Å². The zero-order chi connectivity index (χ0) is 22.7. The number of pyridine rings is 1. The second-order valence-corrected chi connectivity index (χ2v) is 6.75. The van der Waals surface area contributed by atoms with Crippen LogP contribution in [0.1, 0.15) is 6.42 Å². The average Bonchev–Trinajstić information content (AvgIpc) is 3.41. The fourth-order valence-corrected chi connectivity index (χ4v) is 2.84. The van der Waals surface area contributed by atoms with E-state index in [0.717, 1.165) is 10.9 Å². The number of hydrogen-bond acceptors (Lipinski definition) is 8. The van der Waals surface area contributed by atoms with Crippen LogP contribution in [0.3, 0.4) is 0 Å². The van der Waals surface area contributed by atoms with Crippen LogP contribution in [0.2, 0.25) is 0 Å². The van der Waals surface area contributed by atoms with E-state index in [9.17, 15) is 13.6 Å². The number of rotatable bonds is 8. The molecule has 4 aromatic rings. The minimum atomic E-state index is -1.05. The molecule has 13 heteroatoms. The molecule has 0 aliphatic rings. The summed E-state index contributed by atoms with van der Waals surface area (Å²) in [5.74, 6) is -2.85. The molecule has 0 spiro atoms. The van der Waals surface area contributed by atoms with E-state index >= 15 is 0 Å². The van der Waals surface area contributed by atoms with Crippen LogP contribution in [0.4, 0.5) is 8.78 Å². The fraction of sp³-hybridized carbons (Fsp3) is 0.158. The van der Waals surface area contributed by atoms with Gasteiger partial charge in [0, 0.05) is 30.1 Å². The van der Waals surface area contributed by atoms with Gasteiger partial charge in [-0.1, -0.05) is 0 Å². The molecule has 0 fully saturated rings. The molecule has 4 rings (SSSR count). The van der Waals surface area contributed by atoms with Gasteiger partial charge >= 0.3 is 5.97 Å². The van der Waals surface area contributed by atoms with Crippen molar-refractivity contribution in [3.8, 4) is 34.3 Å². The number of hydrogen-bond donors (Lipinski definition) is 3. The fourth-order valence-electron chi connectivity index (χ4n) is 2.84. The van der Waals surface area contributed by atoms with Gasteiger partial charge in [0.2, 0.25) is 5.82 Å². The summed E-state index contributed by atoms with van der Waals surface area (Å²) in [5.41, 5.74) is 6.78.